The van der Waals surface area contributed by atoms with Crippen molar-refractivity contribution in [1.29, 1.82) is 10.8 Å². The molecule has 0 bridgehead atoms. The van der Waals surface area contributed by atoms with Crippen LogP contribution in [-0.4, -0.2) is 33.8 Å². The van der Waals surface area contributed by atoms with Gasteiger partial charge in [0.2, 0.25) is 0 Å². The fraction of sp³-hybridized carbons (Fsp3) is 0.0588. The third-order valence-electron chi connectivity index (χ3n) is 3.72. The van der Waals surface area contributed by atoms with Crippen LogP contribution in [0, 0.1) is 10.8 Å². The van der Waals surface area contributed by atoms with E-state index < -0.39 is 0 Å². The van der Waals surface area contributed by atoms with E-state index >= 15 is 0 Å². The molecule has 0 spiro atoms. The summed E-state index contributed by atoms with van der Waals surface area (Å²) in [5, 5.41) is 23.3. The molecule has 2 aromatic carbocycles. The van der Waals surface area contributed by atoms with Gasteiger partial charge in [-0.3, -0.25) is 10.8 Å². The molecule has 0 aliphatic heterocycles. The van der Waals surface area contributed by atoms with Crippen LogP contribution in [0.25, 0.3) is 16.9 Å². The van der Waals surface area contributed by atoms with Crippen LogP contribution in [0.4, 0.5) is 0 Å². The second-order valence-corrected chi connectivity index (χ2v) is 5.34. The lowest BCUT2D eigenvalue weighted by molar-refractivity contribution is 0.411. The maximum absolute atomic E-state index is 7.58. The van der Waals surface area contributed by atoms with Crippen molar-refractivity contribution in [3.63, 3.8) is 0 Å². The van der Waals surface area contributed by atoms with E-state index in [2.05, 4.69) is 10.3 Å². The first-order chi connectivity index (χ1) is 12.0. The first kappa shape index (κ1) is 16.2. The Morgan fingerprint density at radius 2 is 1.64 bits per heavy atom. The zero-order valence-electron chi connectivity index (χ0n) is 13.5. The first-order valence-electron chi connectivity index (χ1n) is 7.39. The monoisotopic (exact) mass is 335 g/mol. The molecule has 3 rings (SSSR count). The quantitative estimate of drug-likeness (QED) is 0.413. The van der Waals surface area contributed by atoms with Crippen LogP contribution in [0.15, 0.2) is 48.7 Å². The van der Waals surface area contributed by atoms with E-state index in [1.807, 2.05) is 12.1 Å². The summed E-state index contributed by atoms with van der Waals surface area (Å²) in [7, 11) is 1.56. The number of aromatic nitrogens is 3. The van der Waals surface area contributed by atoms with Crippen LogP contribution >= 0.6 is 0 Å². The number of nitrogens with two attached hydrogens (primary N) is 2. The minimum absolute atomic E-state index is 0.0148. The Kier molecular flexibility index (Phi) is 4.17. The van der Waals surface area contributed by atoms with Crippen LogP contribution in [0.5, 0.6) is 5.75 Å². The van der Waals surface area contributed by atoms with Crippen molar-refractivity contribution in [2.75, 3.05) is 7.11 Å². The van der Waals surface area contributed by atoms with Crippen LogP contribution in [0.1, 0.15) is 11.1 Å². The third kappa shape index (κ3) is 3.18. The second-order valence-electron chi connectivity index (χ2n) is 5.34. The van der Waals surface area contributed by atoms with Gasteiger partial charge < -0.3 is 16.2 Å². The number of ether oxygens (including phenoxy) is 1. The van der Waals surface area contributed by atoms with Gasteiger partial charge in [0.15, 0.2) is 0 Å². The van der Waals surface area contributed by atoms with Crippen LogP contribution in [-0.2, 0) is 0 Å². The lowest BCUT2D eigenvalue weighted by Gasteiger charge is -2.09. The average Bonchev–Trinajstić information content (AvgIpc) is 3.11. The summed E-state index contributed by atoms with van der Waals surface area (Å²) in [6.45, 7) is 0. The maximum atomic E-state index is 7.58. The van der Waals surface area contributed by atoms with Gasteiger partial charge in [-0.05, 0) is 18.2 Å². The van der Waals surface area contributed by atoms with Gasteiger partial charge in [0.05, 0.1) is 13.3 Å². The van der Waals surface area contributed by atoms with Gasteiger partial charge in [0.25, 0.3) is 0 Å². The largest absolute Gasteiger partial charge is 0.494 e. The number of methoxy groups -OCH3 is 1. The van der Waals surface area contributed by atoms with E-state index in [0.717, 1.165) is 5.56 Å². The molecule has 0 fully saturated rings. The molecule has 25 heavy (non-hydrogen) atoms. The van der Waals surface area contributed by atoms with Crippen molar-refractivity contribution in [2.24, 2.45) is 11.5 Å². The molecule has 0 aliphatic rings. The number of hydrogen-bond donors (Lipinski definition) is 4. The number of benzene rings is 2. The van der Waals surface area contributed by atoms with Gasteiger partial charge in [-0.2, -0.15) is 0 Å². The molecule has 0 saturated carbocycles. The SMILES string of the molecule is COc1ccc(C(=N)N)cc1-n1cc(-c2ccc(C(=N)N)cc2)nn1. The fourth-order valence-electron chi connectivity index (χ4n) is 2.37. The number of nitrogens with zero attached hydrogens (tertiary/aromatic N) is 3. The minimum Gasteiger partial charge on any atom is -0.494 e. The fourth-order valence-corrected chi connectivity index (χ4v) is 2.37. The standard InChI is InChI=1S/C17H17N7O/c1-25-15-7-6-12(17(20)21)8-14(15)24-9-13(22-23-24)10-2-4-11(5-3-10)16(18)19/h2-9H,1H3,(H3,18,19)(H3,20,21). The van der Waals surface area contributed by atoms with E-state index in [-0.39, 0.29) is 11.7 Å². The number of hydrogen-bond acceptors (Lipinski definition) is 5. The van der Waals surface area contributed by atoms with Crippen LogP contribution in [0.2, 0.25) is 0 Å². The van der Waals surface area contributed by atoms with E-state index in [9.17, 15) is 0 Å². The summed E-state index contributed by atoms with van der Waals surface area (Å²) in [6, 6.07) is 12.3. The highest BCUT2D eigenvalue weighted by Crippen LogP contribution is 2.25. The predicted octanol–water partition coefficient (Wildman–Crippen LogP) is 1.51. The molecule has 0 aliphatic carbocycles. The van der Waals surface area contributed by atoms with Gasteiger partial charge in [-0.25, -0.2) is 4.68 Å². The topological polar surface area (TPSA) is 140 Å². The highest BCUT2D eigenvalue weighted by atomic mass is 16.5. The Hall–Kier alpha value is -3.68. The van der Waals surface area contributed by atoms with Gasteiger partial charge in [-0.1, -0.05) is 29.5 Å². The molecule has 6 N–H and O–H groups in total. The summed E-state index contributed by atoms with van der Waals surface area (Å²) in [4.78, 5) is 0. The number of nitrogen functional groups attached to an aromatic ring is 2. The number of rotatable bonds is 5. The van der Waals surface area contributed by atoms with Gasteiger partial charge in [0.1, 0.15) is 28.8 Å². The van der Waals surface area contributed by atoms with Crippen molar-refractivity contribution >= 4 is 11.7 Å². The van der Waals surface area contributed by atoms with E-state index in [1.54, 1.807) is 48.3 Å². The Morgan fingerprint density at radius 1 is 1.00 bits per heavy atom. The van der Waals surface area contributed by atoms with Gasteiger partial charge >= 0.3 is 0 Å². The third-order valence-corrected chi connectivity index (χ3v) is 3.72. The molecule has 0 radical (unpaired) electrons. The van der Waals surface area contributed by atoms with Crippen molar-refractivity contribution in [3.8, 4) is 22.7 Å². The summed E-state index contributed by atoms with van der Waals surface area (Å²) in [5.41, 5.74) is 14.4. The summed E-state index contributed by atoms with van der Waals surface area (Å²) >= 11 is 0. The molecule has 8 heteroatoms. The van der Waals surface area contributed by atoms with Gasteiger partial charge in [0, 0.05) is 16.7 Å². The molecule has 1 aromatic heterocycles. The second kappa shape index (κ2) is 6.44. The van der Waals surface area contributed by atoms with Crippen molar-refractivity contribution < 1.29 is 4.74 Å². The molecule has 3 aromatic rings. The highest BCUT2D eigenvalue weighted by molar-refractivity contribution is 5.96. The Labute approximate surface area is 144 Å². The van der Waals surface area contributed by atoms with Crippen molar-refractivity contribution in [2.45, 2.75) is 0 Å². The van der Waals surface area contributed by atoms with Crippen LogP contribution in [0.3, 0.4) is 0 Å². The molecular weight excluding hydrogens is 318 g/mol. The molecule has 0 atom stereocenters. The zero-order valence-corrected chi connectivity index (χ0v) is 13.5. The molecular formula is C17H17N7O. The van der Waals surface area contributed by atoms with Crippen LogP contribution < -0.4 is 16.2 Å². The van der Waals surface area contributed by atoms with Crippen molar-refractivity contribution in [1.82, 2.24) is 15.0 Å². The molecule has 0 unspecified atom stereocenters. The molecule has 1 heterocycles. The number of amidine groups is 2. The minimum atomic E-state index is -0.0379. The Morgan fingerprint density at radius 3 is 2.24 bits per heavy atom. The van der Waals surface area contributed by atoms with Gasteiger partial charge in [-0.15, -0.1) is 5.10 Å². The molecule has 0 saturated heterocycles. The summed E-state index contributed by atoms with van der Waals surface area (Å²) in [5.74, 6) is 0.568. The molecule has 0 amide bonds. The highest BCUT2D eigenvalue weighted by Gasteiger charge is 2.12. The Balaban J connectivity index is 2.00. The van der Waals surface area contributed by atoms with E-state index in [0.29, 0.717) is 28.3 Å². The first-order valence-corrected chi connectivity index (χ1v) is 7.39. The lowest BCUT2D eigenvalue weighted by atomic mass is 10.1. The molecule has 8 nitrogen and oxygen atoms in total. The smallest absolute Gasteiger partial charge is 0.144 e. The summed E-state index contributed by atoms with van der Waals surface area (Å²) in [6.07, 6.45) is 1.75. The number of nitrogens with one attached hydrogen (secondary N) is 2. The van der Waals surface area contributed by atoms with Crippen molar-refractivity contribution in [3.05, 3.63) is 59.8 Å². The molecule has 126 valence electrons. The summed E-state index contributed by atoms with van der Waals surface area (Å²) < 4.78 is 6.92. The normalized spacial score (nSPS) is 10.4. The van der Waals surface area contributed by atoms with E-state index in [4.69, 9.17) is 27.0 Å². The predicted molar refractivity (Wildman–Crippen MR) is 95.4 cm³/mol. The average molecular weight is 335 g/mol. The van der Waals surface area contributed by atoms with E-state index in [1.165, 1.54) is 0 Å². The lowest BCUT2D eigenvalue weighted by Crippen LogP contribution is -2.12. The maximum Gasteiger partial charge on any atom is 0.144 e. The Bertz CT molecular complexity index is 944. The zero-order chi connectivity index (χ0) is 18.0.